The molecule has 0 aliphatic heterocycles. The minimum absolute atomic E-state index is 0.531. The Balaban J connectivity index is 1.70. The smallest absolute Gasteiger partial charge is 0.218 e. The number of benzene rings is 2. The molecule has 148 valence electrons. The second-order valence-electron chi connectivity index (χ2n) is 6.89. The maximum Gasteiger partial charge on any atom is 0.218 e. The van der Waals surface area contributed by atoms with Crippen LogP contribution in [0.3, 0.4) is 0 Å². The Morgan fingerprint density at radius 3 is 2.60 bits per heavy atom. The standard InChI is InChI=1S/C24H21N5O/c1-29-24(14-22(28-29)20-3-2-12-27-16-20)30-23-13-18(15-26)6-9-21(23)19-7-4-17(5-8-19)10-11-25/h2-9,12-14,16H,10-11,25H2,1H3. The monoisotopic (exact) mass is 395 g/mol. The number of ether oxygens (including phenoxy) is 1. The first-order chi connectivity index (χ1) is 14.7. The van der Waals surface area contributed by atoms with Gasteiger partial charge in [0.1, 0.15) is 5.75 Å². The van der Waals surface area contributed by atoms with Gasteiger partial charge in [-0.3, -0.25) is 4.98 Å². The van der Waals surface area contributed by atoms with E-state index in [2.05, 4.69) is 28.3 Å². The minimum Gasteiger partial charge on any atom is -0.439 e. The van der Waals surface area contributed by atoms with Crippen molar-refractivity contribution in [1.82, 2.24) is 14.8 Å². The summed E-state index contributed by atoms with van der Waals surface area (Å²) in [6, 6.07) is 21.5. The molecular formula is C24H21N5O. The molecule has 2 aromatic heterocycles. The van der Waals surface area contributed by atoms with Crippen molar-refractivity contribution in [2.75, 3.05) is 6.54 Å². The van der Waals surface area contributed by atoms with Crippen LogP contribution in [0, 0.1) is 11.3 Å². The van der Waals surface area contributed by atoms with Crippen molar-refractivity contribution < 1.29 is 4.74 Å². The molecule has 0 saturated heterocycles. The van der Waals surface area contributed by atoms with Gasteiger partial charge in [-0.2, -0.15) is 10.4 Å². The van der Waals surface area contributed by atoms with Gasteiger partial charge in [0.25, 0.3) is 0 Å². The Labute approximate surface area is 175 Å². The Morgan fingerprint density at radius 2 is 1.90 bits per heavy atom. The molecule has 0 bridgehead atoms. The van der Waals surface area contributed by atoms with E-state index < -0.39 is 0 Å². The predicted octanol–water partition coefficient (Wildman–Crippen LogP) is 4.31. The Bertz CT molecular complexity index is 1190. The first kappa shape index (κ1) is 19.4. The van der Waals surface area contributed by atoms with Crippen molar-refractivity contribution in [2.45, 2.75) is 6.42 Å². The predicted molar refractivity (Wildman–Crippen MR) is 116 cm³/mol. The van der Waals surface area contributed by atoms with Crippen LogP contribution in [0.4, 0.5) is 0 Å². The molecule has 0 atom stereocenters. The molecule has 4 aromatic rings. The van der Waals surface area contributed by atoms with Crippen molar-refractivity contribution in [2.24, 2.45) is 12.8 Å². The van der Waals surface area contributed by atoms with Gasteiger partial charge in [-0.05, 0) is 54.4 Å². The third-order valence-corrected chi connectivity index (χ3v) is 4.82. The zero-order valence-corrected chi connectivity index (χ0v) is 16.6. The highest BCUT2D eigenvalue weighted by molar-refractivity contribution is 5.72. The normalized spacial score (nSPS) is 10.6. The van der Waals surface area contributed by atoms with E-state index >= 15 is 0 Å². The number of aromatic nitrogens is 3. The maximum atomic E-state index is 9.35. The minimum atomic E-state index is 0.531. The van der Waals surface area contributed by atoms with E-state index in [0.29, 0.717) is 23.7 Å². The Kier molecular flexibility index (Phi) is 5.55. The fourth-order valence-corrected chi connectivity index (χ4v) is 3.25. The van der Waals surface area contributed by atoms with Crippen LogP contribution in [-0.2, 0) is 13.5 Å². The summed E-state index contributed by atoms with van der Waals surface area (Å²) in [5.41, 5.74) is 10.9. The molecule has 6 heteroatoms. The summed E-state index contributed by atoms with van der Waals surface area (Å²) in [5, 5.41) is 13.9. The average molecular weight is 395 g/mol. The molecule has 0 aliphatic carbocycles. The number of hydrogen-bond donors (Lipinski definition) is 1. The van der Waals surface area contributed by atoms with Crippen LogP contribution in [0.1, 0.15) is 11.1 Å². The molecular weight excluding hydrogens is 374 g/mol. The lowest BCUT2D eigenvalue weighted by Crippen LogP contribution is -2.02. The number of aryl methyl sites for hydroxylation is 1. The van der Waals surface area contributed by atoms with Gasteiger partial charge in [0.2, 0.25) is 5.88 Å². The Hall–Kier alpha value is -3.95. The van der Waals surface area contributed by atoms with Crippen molar-refractivity contribution in [3.63, 3.8) is 0 Å². The van der Waals surface area contributed by atoms with Crippen LogP contribution in [0.2, 0.25) is 0 Å². The summed E-state index contributed by atoms with van der Waals surface area (Å²) >= 11 is 0. The van der Waals surface area contributed by atoms with E-state index in [1.807, 2.05) is 43.4 Å². The van der Waals surface area contributed by atoms with Gasteiger partial charge in [-0.25, -0.2) is 4.68 Å². The number of nitriles is 1. The van der Waals surface area contributed by atoms with Gasteiger partial charge >= 0.3 is 0 Å². The summed E-state index contributed by atoms with van der Waals surface area (Å²) in [7, 11) is 1.82. The SMILES string of the molecule is Cn1nc(-c2cccnc2)cc1Oc1cc(C#N)ccc1-c1ccc(CCN)cc1. The van der Waals surface area contributed by atoms with Crippen LogP contribution in [0.25, 0.3) is 22.4 Å². The topological polar surface area (TPSA) is 89.8 Å². The summed E-state index contributed by atoms with van der Waals surface area (Å²) in [6.45, 7) is 0.615. The molecule has 0 aliphatic rings. The van der Waals surface area contributed by atoms with Gasteiger partial charge in [-0.15, -0.1) is 0 Å². The van der Waals surface area contributed by atoms with Crippen molar-refractivity contribution in [3.8, 4) is 40.1 Å². The third kappa shape index (κ3) is 4.07. The van der Waals surface area contributed by atoms with E-state index in [9.17, 15) is 5.26 Å². The largest absolute Gasteiger partial charge is 0.439 e. The highest BCUT2D eigenvalue weighted by Crippen LogP contribution is 2.35. The van der Waals surface area contributed by atoms with Crippen LogP contribution in [0.15, 0.2) is 73.1 Å². The number of nitrogens with zero attached hydrogens (tertiary/aromatic N) is 4. The second kappa shape index (κ2) is 8.60. The molecule has 0 spiro atoms. The van der Waals surface area contributed by atoms with Crippen LogP contribution in [-0.4, -0.2) is 21.3 Å². The molecule has 0 radical (unpaired) electrons. The zero-order chi connectivity index (χ0) is 20.9. The van der Waals surface area contributed by atoms with E-state index in [1.165, 1.54) is 5.56 Å². The first-order valence-electron chi connectivity index (χ1n) is 9.64. The quantitative estimate of drug-likeness (QED) is 0.525. The summed E-state index contributed by atoms with van der Waals surface area (Å²) in [5.74, 6) is 1.17. The van der Waals surface area contributed by atoms with Crippen molar-refractivity contribution >= 4 is 0 Å². The van der Waals surface area contributed by atoms with Crippen LogP contribution in [0.5, 0.6) is 11.6 Å². The van der Waals surface area contributed by atoms with E-state index in [0.717, 1.165) is 28.8 Å². The van der Waals surface area contributed by atoms with Gasteiger partial charge in [0.05, 0.1) is 17.3 Å². The molecule has 0 unspecified atom stereocenters. The summed E-state index contributed by atoms with van der Waals surface area (Å²) in [4.78, 5) is 4.15. The fourth-order valence-electron chi connectivity index (χ4n) is 3.25. The highest BCUT2D eigenvalue weighted by atomic mass is 16.5. The third-order valence-electron chi connectivity index (χ3n) is 4.82. The van der Waals surface area contributed by atoms with Crippen molar-refractivity contribution in [3.05, 3.63) is 84.2 Å². The molecule has 0 fully saturated rings. The molecule has 2 heterocycles. The number of rotatable bonds is 6. The van der Waals surface area contributed by atoms with E-state index in [-0.39, 0.29) is 0 Å². The molecule has 30 heavy (non-hydrogen) atoms. The molecule has 4 rings (SSSR count). The van der Waals surface area contributed by atoms with Crippen LogP contribution >= 0.6 is 0 Å². The van der Waals surface area contributed by atoms with Crippen molar-refractivity contribution in [1.29, 1.82) is 5.26 Å². The first-order valence-corrected chi connectivity index (χ1v) is 9.64. The van der Waals surface area contributed by atoms with Gasteiger partial charge in [0, 0.05) is 36.6 Å². The molecule has 0 saturated carbocycles. The molecule has 6 nitrogen and oxygen atoms in total. The Morgan fingerprint density at radius 1 is 1.07 bits per heavy atom. The summed E-state index contributed by atoms with van der Waals surface area (Å²) in [6.07, 6.45) is 4.32. The van der Waals surface area contributed by atoms with E-state index in [4.69, 9.17) is 10.5 Å². The lowest BCUT2D eigenvalue weighted by atomic mass is 10.0. The zero-order valence-electron chi connectivity index (χ0n) is 16.6. The van der Waals surface area contributed by atoms with E-state index in [1.54, 1.807) is 29.2 Å². The second-order valence-corrected chi connectivity index (χ2v) is 6.89. The molecule has 2 aromatic carbocycles. The lowest BCUT2D eigenvalue weighted by Gasteiger charge is -2.12. The number of pyridine rings is 1. The lowest BCUT2D eigenvalue weighted by molar-refractivity contribution is 0.432. The van der Waals surface area contributed by atoms with Gasteiger partial charge in [-0.1, -0.05) is 24.3 Å². The highest BCUT2D eigenvalue weighted by Gasteiger charge is 2.14. The molecule has 2 N–H and O–H groups in total. The van der Waals surface area contributed by atoms with Gasteiger partial charge < -0.3 is 10.5 Å². The number of nitrogens with two attached hydrogens (primary N) is 1. The summed E-state index contributed by atoms with van der Waals surface area (Å²) < 4.78 is 7.90. The van der Waals surface area contributed by atoms with Gasteiger partial charge in [0.15, 0.2) is 0 Å². The maximum absolute atomic E-state index is 9.35. The average Bonchev–Trinajstić information content (AvgIpc) is 3.15. The molecule has 0 amide bonds. The fraction of sp³-hybridized carbons (Fsp3) is 0.125. The van der Waals surface area contributed by atoms with Crippen LogP contribution < -0.4 is 10.5 Å². The number of hydrogen-bond acceptors (Lipinski definition) is 5.